The lowest BCUT2D eigenvalue weighted by atomic mass is 10.2. The summed E-state index contributed by atoms with van der Waals surface area (Å²) in [6.07, 6.45) is 0. The number of quaternary nitrogens is 2. The van der Waals surface area contributed by atoms with Crippen molar-refractivity contribution in [1.82, 2.24) is 14.3 Å². The minimum atomic E-state index is 0.817. The molecule has 2 N–H and O–H groups in total. The Bertz CT molecular complexity index is 1000. The van der Waals surface area contributed by atoms with E-state index in [0.717, 1.165) is 67.8 Å². The summed E-state index contributed by atoms with van der Waals surface area (Å²) in [7, 11) is 1.71. The Morgan fingerprint density at radius 1 is 0.967 bits per heavy atom. The number of hydrogen-bond acceptors (Lipinski definition) is 3. The number of aromatic nitrogens is 3. The molecule has 0 unspecified atom stereocenters. The van der Waals surface area contributed by atoms with Gasteiger partial charge in [0.1, 0.15) is 38.5 Å². The SMILES string of the molecule is CCn1c(-c2ccccc2)nn(C[NH+]2CC[NH+](Cc3ccc(OC)cc3)CC2)c1=S. The highest BCUT2D eigenvalue weighted by Crippen LogP contribution is 2.17. The van der Waals surface area contributed by atoms with Gasteiger partial charge in [-0.05, 0) is 43.4 Å². The van der Waals surface area contributed by atoms with Crippen molar-refractivity contribution in [3.63, 3.8) is 0 Å². The van der Waals surface area contributed by atoms with E-state index in [-0.39, 0.29) is 0 Å². The van der Waals surface area contributed by atoms with E-state index in [1.807, 2.05) is 35.0 Å². The molecule has 0 atom stereocenters. The molecule has 1 aliphatic heterocycles. The van der Waals surface area contributed by atoms with Gasteiger partial charge in [-0.1, -0.05) is 30.3 Å². The number of methoxy groups -OCH3 is 1. The van der Waals surface area contributed by atoms with Crippen LogP contribution in [0.15, 0.2) is 54.6 Å². The molecule has 1 fully saturated rings. The third-order valence-corrected chi connectivity index (χ3v) is 6.35. The van der Waals surface area contributed by atoms with Crippen molar-refractivity contribution < 1.29 is 14.5 Å². The highest BCUT2D eigenvalue weighted by atomic mass is 32.1. The van der Waals surface area contributed by atoms with E-state index in [0.29, 0.717) is 0 Å². The Kier molecular flexibility index (Phi) is 6.62. The number of nitrogens with one attached hydrogen (secondary N) is 2. The number of nitrogens with zero attached hydrogens (tertiary/aromatic N) is 3. The highest BCUT2D eigenvalue weighted by molar-refractivity contribution is 7.71. The average Bonchev–Trinajstić information content (AvgIpc) is 3.11. The van der Waals surface area contributed by atoms with Crippen LogP contribution in [0.3, 0.4) is 0 Å². The van der Waals surface area contributed by atoms with Gasteiger partial charge in [0.15, 0.2) is 12.5 Å². The van der Waals surface area contributed by atoms with Crippen LogP contribution in [-0.2, 0) is 19.8 Å². The van der Waals surface area contributed by atoms with Crippen molar-refractivity contribution in [2.24, 2.45) is 0 Å². The van der Waals surface area contributed by atoms with Crippen LogP contribution in [0.1, 0.15) is 12.5 Å². The molecule has 1 saturated heterocycles. The molecular formula is C23H31N5OS+2. The van der Waals surface area contributed by atoms with Crippen molar-refractivity contribution >= 4 is 12.2 Å². The fourth-order valence-corrected chi connectivity index (χ4v) is 4.49. The first-order chi connectivity index (χ1) is 14.7. The van der Waals surface area contributed by atoms with Gasteiger partial charge in [-0.2, -0.15) is 4.68 Å². The predicted octanol–water partition coefficient (Wildman–Crippen LogP) is 1.05. The van der Waals surface area contributed by atoms with E-state index in [1.54, 1.807) is 16.9 Å². The lowest BCUT2D eigenvalue weighted by Gasteiger charge is -2.29. The second kappa shape index (κ2) is 9.55. The molecule has 158 valence electrons. The molecule has 0 spiro atoms. The highest BCUT2D eigenvalue weighted by Gasteiger charge is 2.24. The van der Waals surface area contributed by atoms with Gasteiger partial charge < -0.3 is 19.1 Å². The zero-order chi connectivity index (χ0) is 20.9. The lowest BCUT2D eigenvalue weighted by Crippen LogP contribution is -3.27. The Hall–Kier alpha value is -2.48. The summed E-state index contributed by atoms with van der Waals surface area (Å²) in [5.41, 5.74) is 2.48. The Morgan fingerprint density at radius 3 is 2.27 bits per heavy atom. The molecule has 4 rings (SSSR count). The van der Waals surface area contributed by atoms with Crippen molar-refractivity contribution in [1.29, 1.82) is 0 Å². The van der Waals surface area contributed by atoms with E-state index in [4.69, 9.17) is 22.1 Å². The molecule has 0 aliphatic carbocycles. The second-order valence-corrected chi connectivity index (χ2v) is 8.26. The Labute approximate surface area is 183 Å². The molecular weight excluding hydrogens is 394 g/mol. The van der Waals surface area contributed by atoms with Crippen LogP contribution in [0.4, 0.5) is 0 Å². The summed E-state index contributed by atoms with van der Waals surface area (Å²) in [4.78, 5) is 3.18. The number of hydrogen-bond donors (Lipinski definition) is 2. The largest absolute Gasteiger partial charge is 0.497 e. The zero-order valence-corrected chi connectivity index (χ0v) is 18.6. The van der Waals surface area contributed by atoms with E-state index < -0.39 is 0 Å². The molecule has 0 saturated carbocycles. The summed E-state index contributed by atoms with van der Waals surface area (Å²) in [5, 5.41) is 4.88. The van der Waals surface area contributed by atoms with Crippen LogP contribution in [-0.4, -0.2) is 47.6 Å². The monoisotopic (exact) mass is 425 g/mol. The lowest BCUT2D eigenvalue weighted by molar-refractivity contribution is -1.03. The molecule has 6 nitrogen and oxygen atoms in total. The van der Waals surface area contributed by atoms with Crippen molar-refractivity contribution in [3.8, 4) is 17.1 Å². The van der Waals surface area contributed by atoms with Crippen LogP contribution in [0.2, 0.25) is 0 Å². The maximum absolute atomic E-state index is 5.75. The van der Waals surface area contributed by atoms with Crippen molar-refractivity contribution in [2.75, 3.05) is 33.3 Å². The topological polar surface area (TPSA) is 40.9 Å². The van der Waals surface area contributed by atoms with Crippen molar-refractivity contribution in [3.05, 3.63) is 64.9 Å². The summed E-state index contributed by atoms with van der Waals surface area (Å²) >= 11 is 5.75. The Balaban J connectivity index is 1.38. The van der Waals surface area contributed by atoms with Gasteiger partial charge in [-0.15, -0.1) is 5.10 Å². The average molecular weight is 426 g/mol. The fraction of sp³-hybridized carbons (Fsp3) is 0.391. The maximum Gasteiger partial charge on any atom is 0.203 e. The summed E-state index contributed by atoms with van der Waals surface area (Å²) in [6, 6.07) is 18.8. The van der Waals surface area contributed by atoms with Crippen molar-refractivity contribution in [2.45, 2.75) is 26.7 Å². The Morgan fingerprint density at radius 2 is 1.63 bits per heavy atom. The van der Waals surface area contributed by atoms with Gasteiger partial charge in [-0.3, -0.25) is 0 Å². The molecule has 2 heterocycles. The zero-order valence-electron chi connectivity index (χ0n) is 17.8. The van der Waals surface area contributed by atoms with Crippen LogP contribution >= 0.6 is 12.2 Å². The smallest absolute Gasteiger partial charge is 0.203 e. The summed E-state index contributed by atoms with van der Waals surface area (Å²) in [5.74, 6) is 1.88. The molecule has 7 heteroatoms. The van der Waals surface area contributed by atoms with Crippen LogP contribution in [0.25, 0.3) is 11.4 Å². The van der Waals surface area contributed by atoms with Crippen LogP contribution in [0, 0.1) is 4.77 Å². The number of benzene rings is 2. The standard InChI is InChI=1S/C23H29N5OS/c1-3-27-22(20-7-5-4-6-8-20)24-28(23(27)30)18-26-15-13-25(14-16-26)17-19-9-11-21(29-2)12-10-19/h4-12H,3,13-18H2,1-2H3/p+2. The fourth-order valence-electron chi connectivity index (χ4n) is 4.17. The molecule has 1 aliphatic rings. The van der Waals surface area contributed by atoms with Gasteiger partial charge in [0.05, 0.1) is 7.11 Å². The van der Waals surface area contributed by atoms with E-state index >= 15 is 0 Å². The van der Waals surface area contributed by atoms with Gasteiger partial charge in [0, 0.05) is 17.7 Å². The number of rotatable bonds is 7. The third kappa shape index (κ3) is 4.64. The van der Waals surface area contributed by atoms with E-state index in [9.17, 15) is 0 Å². The first-order valence-corrected chi connectivity index (χ1v) is 11.1. The predicted molar refractivity (Wildman–Crippen MR) is 120 cm³/mol. The first-order valence-electron chi connectivity index (χ1n) is 10.7. The molecule has 0 radical (unpaired) electrons. The van der Waals surface area contributed by atoms with Gasteiger partial charge >= 0.3 is 0 Å². The van der Waals surface area contributed by atoms with Crippen LogP contribution < -0.4 is 14.5 Å². The van der Waals surface area contributed by atoms with Crippen LogP contribution in [0.5, 0.6) is 5.75 Å². The van der Waals surface area contributed by atoms with Gasteiger partial charge in [-0.25, -0.2) is 0 Å². The number of piperazine rings is 1. The minimum Gasteiger partial charge on any atom is -0.497 e. The van der Waals surface area contributed by atoms with Gasteiger partial charge in [0.2, 0.25) is 4.77 Å². The molecule has 3 aromatic rings. The quantitative estimate of drug-likeness (QED) is 0.556. The normalized spacial score (nSPS) is 19.0. The van der Waals surface area contributed by atoms with E-state index in [1.165, 1.54) is 5.56 Å². The minimum absolute atomic E-state index is 0.817. The van der Waals surface area contributed by atoms with Gasteiger partial charge in [0.25, 0.3) is 0 Å². The molecule has 0 amide bonds. The number of ether oxygens (including phenoxy) is 1. The maximum atomic E-state index is 5.75. The molecule has 1 aromatic heterocycles. The molecule has 0 bridgehead atoms. The summed E-state index contributed by atoms with van der Waals surface area (Å²) in [6.45, 7) is 9.45. The first kappa shape index (κ1) is 20.8. The molecule has 2 aromatic carbocycles. The van der Waals surface area contributed by atoms with E-state index in [2.05, 4.69) is 35.8 Å². The second-order valence-electron chi connectivity index (χ2n) is 7.90. The molecule has 30 heavy (non-hydrogen) atoms. The third-order valence-electron chi connectivity index (χ3n) is 5.92. The summed E-state index contributed by atoms with van der Waals surface area (Å²) < 4.78 is 10.2.